The van der Waals surface area contributed by atoms with Crippen LogP contribution in [-0.2, 0) is 0 Å². The summed E-state index contributed by atoms with van der Waals surface area (Å²) in [4.78, 5) is 22.4. The molecule has 4 aromatic rings. The highest BCUT2D eigenvalue weighted by Gasteiger charge is 2.18. The van der Waals surface area contributed by atoms with Crippen molar-refractivity contribution in [3.05, 3.63) is 71.9 Å². The number of hydrogen-bond donors (Lipinski definition) is 2. The maximum absolute atomic E-state index is 12.5. The van der Waals surface area contributed by atoms with Gasteiger partial charge in [-0.3, -0.25) is 9.78 Å². The molecule has 6 heteroatoms. The molecule has 122 valence electrons. The number of amides is 1. The number of nitrogens with zero attached hydrogens (tertiary/aromatic N) is 2. The van der Waals surface area contributed by atoms with Gasteiger partial charge >= 0.3 is 0 Å². The number of rotatable bonds is 3. The van der Waals surface area contributed by atoms with Crippen molar-refractivity contribution in [2.24, 2.45) is 0 Å². The van der Waals surface area contributed by atoms with Crippen molar-refractivity contribution in [2.75, 3.05) is 11.1 Å². The number of hydrogen-bond acceptors (Lipinski definition) is 5. The molecule has 0 spiro atoms. The molecule has 3 heterocycles. The molecule has 1 aromatic carbocycles. The van der Waals surface area contributed by atoms with Crippen molar-refractivity contribution in [1.29, 1.82) is 0 Å². The molecule has 0 saturated carbocycles. The molecular weight excluding hydrogens is 332 g/mol. The van der Waals surface area contributed by atoms with Crippen LogP contribution in [0.15, 0.2) is 67.0 Å². The van der Waals surface area contributed by atoms with Crippen LogP contribution in [0.1, 0.15) is 9.67 Å². The van der Waals surface area contributed by atoms with Gasteiger partial charge in [0.1, 0.15) is 9.71 Å². The summed E-state index contributed by atoms with van der Waals surface area (Å²) in [7, 11) is 0. The molecule has 0 atom stereocenters. The average molecular weight is 346 g/mol. The summed E-state index contributed by atoms with van der Waals surface area (Å²) in [6.07, 6.45) is 3.24. The standard InChI is InChI=1S/C19H14N4OS/c20-16-14-8-9-15(12-5-2-1-3-6-12)23-19(14)25-17(16)18(24)22-13-7-4-10-21-11-13/h1-11H,20H2,(H,22,24). The number of nitrogen functional groups attached to an aromatic ring is 1. The van der Waals surface area contributed by atoms with Crippen LogP contribution in [0.25, 0.3) is 21.5 Å². The monoisotopic (exact) mass is 346 g/mol. The molecule has 5 nitrogen and oxygen atoms in total. The molecule has 0 aliphatic rings. The molecule has 0 radical (unpaired) electrons. The number of nitrogens with one attached hydrogen (secondary N) is 1. The van der Waals surface area contributed by atoms with Gasteiger partial charge in [-0.2, -0.15) is 0 Å². The van der Waals surface area contributed by atoms with Crippen LogP contribution < -0.4 is 11.1 Å². The van der Waals surface area contributed by atoms with Gasteiger partial charge < -0.3 is 11.1 Å². The molecule has 3 N–H and O–H groups in total. The van der Waals surface area contributed by atoms with Crippen molar-refractivity contribution in [3.8, 4) is 11.3 Å². The summed E-state index contributed by atoms with van der Waals surface area (Å²) in [5.41, 5.74) is 9.14. The zero-order valence-electron chi connectivity index (χ0n) is 13.1. The van der Waals surface area contributed by atoms with E-state index in [1.807, 2.05) is 42.5 Å². The molecule has 0 fully saturated rings. The van der Waals surface area contributed by atoms with Gasteiger partial charge in [0.05, 0.1) is 23.3 Å². The zero-order chi connectivity index (χ0) is 17.2. The first kappa shape index (κ1) is 15.3. The largest absolute Gasteiger partial charge is 0.397 e. The average Bonchev–Trinajstić information content (AvgIpc) is 2.99. The van der Waals surface area contributed by atoms with Gasteiger partial charge in [0.25, 0.3) is 5.91 Å². The smallest absolute Gasteiger partial charge is 0.267 e. The lowest BCUT2D eigenvalue weighted by molar-refractivity contribution is 0.103. The van der Waals surface area contributed by atoms with Crippen LogP contribution in [0.4, 0.5) is 11.4 Å². The Morgan fingerprint density at radius 1 is 1.04 bits per heavy atom. The molecule has 0 unspecified atom stereocenters. The summed E-state index contributed by atoms with van der Waals surface area (Å²) in [5, 5.41) is 3.60. The van der Waals surface area contributed by atoms with E-state index in [2.05, 4.69) is 15.3 Å². The highest BCUT2D eigenvalue weighted by molar-refractivity contribution is 7.21. The maximum Gasteiger partial charge on any atom is 0.267 e. The van der Waals surface area contributed by atoms with Crippen molar-refractivity contribution >= 4 is 38.8 Å². The van der Waals surface area contributed by atoms with Gasteiger partial charge in [0.2, 0.25) is 0 Å². The van der Waals surface area contributed by atoms with E-state index in [1.54, 1.807) is 24.5 Å². The first-order chi connectivity index (χ1) is 12.2. The quantitative estimate of drug-likeness (QED) is 0.583. The number of thiophene rings is 1. The van der Waals surface area contributed by atoms with E-state index >= 15 is 0 Å². The third kappa shape index (κ3) is 2.95. The number of pyridine rings is 2. The Bertz CT molecular complexity index is 1050. The highest BCUT2D eigenvalue weighted by atomic mass is 32.1. The minimum atomic E-state index is -0.255. The first-order valence-electron chi connectivity index (χ1n) is 7.68. The topological polar surface area (TPSA) is 80.9 Å². The normalized spacial score (nSPS) is 10.7. The lowest BCUT2D eigenvalue weighted by Crippen LogP contribution is -2.11. The Balaban J connectivity index is 1.71. The maximum atomic E-state index is 12.5. The van der Waals surface area contributed by atoms with Gasteiger partial charge in [-0.15, -0.1) is 11.3 Å². The Kier molecular flexibility index (Phi) is 3.87. The van der Waals surface area contributed by atoms with Crippen LogP contribution >= 0.6 is 11.3 Å². The molecule has 3 aromatic heterocycles. The van der Waals surface area contributed by atoms with Crippen LogP contribution in [0.5, 0.6) is 0 Å². The van der Waals surface area contributed by atoms with E-state index in [1.165, 1.54) is 11.3 Å². The number of anilines is 2. The van der Waals surface area contributed by atoms with E-state index in [4.69, 9.17) is 5.73 Å². The van der Waals surface area contributed by atoms with Gasteiger partial charge in [-0.25, -0.2) is 4.98 Å². The van der Waals surface area contributed by atoms with Crippen LogP contribution in [0, 0.1) is 0 Å². The van der Waals surface area contributed by atoms with E-state index < -0.39 is 0 Å². The Morgan fingerprint density at radius 3 is 2.64 bits per heavy atom. The van der Waals surface area contributed by atoms with Gasteiger partial charge in [0, 0.05) is 17.1 Å². The molecule has 1 amide bonds. The summed E-state index contributed by atoms with van der Waals surface area (Å²) < 4.78 is 0. The van der Waals surface area contributed by atoms with Crippen molar-refractivity contribution < 1.29 is 4.79 Å². The second-order valence-corrected chi connectivity index (χ2v) is 6.45. The number of carbonyl (C=O) groups excluding carboxylic acids is 1. The number of benzene rings is 1. The third-order valence-corrected chi connectivity index (χ3v) is 4.90. The minimum absolute atomic E-state index is 0.255. The third-order valence-electron chi connectivity index (χ3n) is 3.79. The van der Waals surface area contributed by atoms with Crippen LogP contribution in [0.3, 0.4) is 0 Å². The van der Waals surface area contributed by atoms with Crippen molar-refractivity contribution in [1.82, 2.24) is 9.97 Å². The van der Waals surface area contributed by atoms with Gasteiger partial charge in [0.15, 0.2) is 0 Å². The Labute approximate surface area is 148 Å². The molecule has 0 aliphatic heterocycles. The minimum Gasteiger partial charge on any atom is -0.397 e. The van der Waals surface area contributed by atoms with E-state index in [-0.39, 0.29) is 5.91 Å². The Hall–Kier alpha value is -3.25. The highest BCUT2D eigenvalue weighted by Crippen LogP contribution is 2.34. The summed E-state index contributed by atoms with van der Waals surface area (Å²) in [6, 6.07) is 17.3. The first-order valence-corrected chi connectivity index (χ1v) is 8.50. The van der Waals surface area contributed by atoms with E-state index in [9.17, 15) is 4.79 Å². The second kappa shape index (κ2) is 6.33. The van der Waals surface area contributed by atoms with Gasteiger partial charge in [-0.05, 0) is 24.3 Å². The zero-order valence-corrected chi connectivity index (χ0v) is 14.0. The molecule has 25 heavy (non-hydrogen) atoms. The number of fused-ring (bicyclic) bond motifs is 1. The number of carbonyl (C=O) groups is 1. The molecule has 0 aliphatic carbocycles. The van der Waals surface area contributed by atoms with Gasteiger partial charge in [-0.1, -0.05) is 30.3 Å². The predicted octanol–water partition coefficient (Wildman–Crippen LogP) is 4.19. The fraction of sp³-hybridized carbons (Fsp3) is 0. The number of aromatic nitrogens is 2. The molecular formula is C19H14N4OS. The predicted molar refractivity (Wildman–Crippen MR) is 102 cm³/mol. The van der Waals surface area contributed by atoms with Crippen LogP contribution in [-0.4, -0.2) is 15.9 Å². The fourth-order valence-electron chi connectivity index (χ4n) is 2.56. The summed E-state index contributed by atoms with van der Waals surface area (Å²) in [6.45, 7) is 0. The number of nitrogens with two attached hydrogens (primary N) is 1. The van der Waals surface area contributed by atoms with Crippen LogP contribution in [0.2, 0.25) is 0 Å². The Morgan fingerprint density at radius 2 is 1.88 bits per heavy atom. The van der Waals surface area contributed by atoms with Crippen molar-refractivity contribution in [2.45, 2.75) is 0 Å². The lowest BCUT2D eigenvalue weighted by Gasteiger charge is -2.03. The van der Waals surface area contributed by atoms with E-state index in [0.717, 1.165) is 21.5 Å². The molecule has 0 saturated heterocycles. The lowest BCUT2D eigenvalue weighted by atomic mass is 10.1. The molecule has 0 bridgehead atoms. The van der Waals surface area contributed by atoms with Crippen molar-refractivity contribution in [3.63, 3.8) is 0 Å². The molecule has 4 rings (SSSR count). The van der Waals surface area contributed by atoms with E-state index in [0.29, 0.717) is 16.3 Å². The summed E-state index contributed by atoms with van der Waals surface area (Å²) >= 11 is 1.29. The fourth-order valence-corrected chi connectivity index (χ4v) is 3.55. The SMILES string of the molecule is Nc1c(C(=O)Nc2cccnc2)sc2nc(-c3ccccc3)ccc12. The summed E-state index contributed by atoms with van der Waals surface area (Å²) in [5.74, 6) is -0.255. The second-order valence-electron chi connectivity index (χ2n) is 5.46.